The minimum Gasteiger partial charge on any atom is -0.348 e. The number of benzene rings is 1. The largest absolute Gasteiger partial charge is 0.348 e. The number of aryl methyl sites for hydroxylation is 1. The van der Waals surface area contributed by atoms with E-state index in [2.05, 4.69) is 41.8 Å². The summed E-state index contributed by atoms with van der Waals surface area (Å²) in [7, 11) is 0. The lowest BCUT2D eigenvalue weighted by Crippen LogP contribution is -2.52. The number of amides is 3. The molecule has 2 N–H and O–H groups in total. The van der Waals surface area contributed by atoms with Gasteiger partial charge >= 0.3 is 6.03 Å². The van der Waals surface area contributed by atoms with Crippen LogP contribution in [-0.4, -0.2) is 35.5 Å². The molecule has 0 bridgehead atoms. The van der Waals surface area contributed by atoms with Gasteiger partial charge in [0.15, 0.2) is 0 Å². The van der Waals surface area contributed by atoms with Crippen molar-refractivity contribution in [2.24, 2.45) is 0 Å². The van der Waals surface area contributed by atoms with Crippen molar-refractivity contribution in [1.29, 1.82) is 0 Å². The summed E-state index contributed by atoms with van der Waals surface area (Å²) < 4.78 is 0. The maximum atomic E-state index is 12.8. The minimum absolute atomic E-state index is 0.0432. The molecule has 1 heterocycles. The Kier molecular flexibility index (Phi) is 6.75. The van der Waals surface area contributed by atoms with Gasteiger partial charge in [-0.05, 0) is 50.2 Å². The number of urea groups is 1. The molecule has 27 heavy (non-hydrogen) atoms. The third kappa shape index (κ3) is 5.02. The molecule has 0 radical (unpaired) electrons. The van der Waals surface area contributed by atoms with Crippen LogP contribution < -0.4 is 10.6 Å². The Hall–Kier alpha value is -2.04. The average molecular weight is 372 g/mol. The first-order chi connectivity index (χ1) is 13.1. The number of hydrogen-bond donors (Lipinski definition) is 2. The highest BCUT2D eigenvalue weighted by Crippen LogP contribution is 2.22. The molecule has 0 spiro atoms. The van der Waals surface area contributed by atoms with E-state index in [4.69, 9.17) is 0 Å². The average Bonchev–Trinajstić information content (AvgIpc) is 3.19. The van der Waals surface area contributed by atoms with Crippen molar-refractivity contribution in [3.8, 4) is 0 Å². The van der Waals surface area contributed by atoms with Crippen molar-refractivity contribution in [3.63, 3.8) is 0 Å². The number of carbonyl (C=O) groups is 2. The van der Waals surface area contributed by atoms with Gasteiger partial charge in [0.25, 0.3) is 0 Å². The molecule has 1 aliphatic heterocycles. The van der Waals surface area contributed by atoms with Gasteiger partial charge in [-0.1, -0.05) is 50.5 Å². The molecule has 5 nitrogen and oxygen atoms in total. The summed E-state index contributed by atoms with van der Waals surface area (Å²) in [5, 5.41) is 6.25. The Morgan fingerprint density at radius 1 is 1.07 bits per heavy atom. The molecule has 1 saturated carbocycles. The first kappa shape index (κ1) is 19.7. The van der Waals surface area contributed by atoms with Gasteiger partial charge in [-0.2, -0.15) is 0 Å². The highest BCUT2D eigenvalue weighted by Gasteiger charge is 2.35. The molecule has 1 aromatic carbocycles. The van der Waals surface area contributed by atoms with Gasteiger partial charge in [0.05, 0.1) is 6.04 Å². The second kappa shape index (κ2) is 9.25. The topological polar surface area (TPSA) is 61.4 Å². The first-order valence-electron chi connectivity index (χ1n) is 10.5. The van der Waals surface area contributed by atoms with E-state index in [1.807, 2.05) is 6.92 Å². The lowest BCUT2D eigenvalue weighted by Gasteiger charge is -2.29. The molecule has 1 saturated heterocycles. The maximum Gasteiger partial charge on any atom is 0.318 e. The van der Waals surface area contributed by atoms with E-state index >= 15 is 0 Å². The molecule has 2 fully saturated rings. The normalized spacial score (nSPS) is 21.7. The van der Waals surface area contributed by atoms with Crippen molar-refractivity contribution in [1.82, 2.24) is 15.5 Å². The Morgan fingerprint density at radius 3 is 2.44 bits per heavy atom. The lowest BCUT2D eigenvalue weighted by atomic mass is 9.96. The van der Waals surface area contributed by atoms with Gasteiger partial charge in [0.2, 0.25) is 5.91 Å². The molecule has 2 aliphatic rings. The number of hydrogen-bond acceptors (Lipinski definition) is 2. The number of likely N-dealkylation sites (tertiary alicyclic amines) is 1. The Morgan fingerprint density at radius 2 is 1.78 bits per heavy atom. The smallest absolute Gasteiger partial charge is 0.318 e. The molecule has 0 unspecified atom stereocenters. The zero-order valence-electron chi connectivity index (χ0n) is 16.7. The summed E-state index contributed by atoms with van der Waals surface area (Å²) in [6.45, 7) is 4.80. The third-order valence-corrected chi connectivity index (χ3v) is 6.00. The van der Waals surface area contributed by atoms with Crippen LogP contribution in [0.4, 0.5) is 4.79 Å². The molecule has 3 amide bonds. The molecular formula is C22H33N3O2. The minimum atomic E-state index is -0.356. The predicted octanol–water partition coefficient (Wildman–Crippen LogP) is 3.93. The Balaban J connectivity index is 1.56. The standard InChI is InChI=1S/C22H33N3O2/c1-3-17-11-13-18(14-12-17)16(2)23-21(26)20-10-7-15-25(20)22(27)24-19-8-5-4-6-9-19/h11-14,16,19-20H,3-10,15H2,1-2H3,(H,23,26)(H,24,27)/t16-,20+/m1/s1. The SMILES string of the molecule is CCc1ccc([C@@H](C)NC(=O)[C@@H]2CCCN2C(=O)NC2CCCCC2)cc1. The monoisotopic (exact) mass is 371 g/mol. The van der Waals surface area contributed by atoms with E-state index in [1.165, 1.54) is 24.8 Å². The number of carbonyl (C=O) groups excluding carboxylic acids is 2. The van der Waals surface area contributed by atoms with Crippen LogP contribution in [0.15, 0.2) is 24.3 Å². The molecular weight excluding hydrogens is 338 g/mol. The quantitative estimate of drug-likeness (QED) is 0.824. The van der Waals surface area contributed by atoms with Gasteiger partial charge in [0.1, 0.15) is 6.04 Å². The van der Waals surface area contributed by atoms with Gasteiger partial charge in [0, 0.05) is 12.6 Å². The van der Waals surface area contributed by atoms with Gasteiger partial charge in [-0.25, -0.2) is 4.79 Å². The number of rotatable bonds is 5. The van der Waals surface area contributed by atoms with E-state index in [1.54, 1.807) is 4.90 Å². The van der Waals surface area contributed by atoms with Crippen molar-refractivity contribution in [3.05, 3.63) is 35.4 Å². The zero-order chi connectivity index (χ0) is 19.2. The molecule has 1 aromatic rings. The van der Waals surface area contributed by atoms with E-state index < -0.39 is 0 Å². The van der Waals surface area contributed by atoms with Gasteiger partial charge < -0.3 is 15.5 Å². The number of nitrogens with one attached hydrogen (secondary N) is 2. The number of nitrogens with zero attached hydrogens (tertiary/aromatic N) is 1. The summed E-state index contributed by atoms with van der Waals surface area (Å²) in [5.41, 5.74) is 2.38. The molecule has 148 valence electrons. The van der Waals surface area contributed by atoms with Gasteiger partial charge in [-0.3, -0.25) is 4.79 Å². The molecule has 0 aromatic heterocycles. The van der Waals surface area contributed by atoms with E-state index in [0.29, 0.717) is 6.54 Å². The predicted molar refractivity (Wildman–Crippen MR) is 108 cm³/mol. The highest BCUT2D eigenvalue weighted by molar-refractivity contribution is 5.88. The molecule has 3 rings (SSSR count). The molecule has 1 aliphatic carbocycles. The van der Waals surface area contributed by atoms with Crippen molar-refractivity contribution < 1.29 is 9.59 Å². The van der Waals surface area contributed by atoms with Crippen LogP contribution in [0.25, 0.3) is 0 Å². The van der Waals surface area contributed by atoms with Gasteiger partial charge in [-0.15, -0.1) is 0 Å². The van der Waals surface area contributed by atoms with Crippen LogP contribution >= 0.6 is 0 Å². The fourth-order valence-corrected chi connectivity index (χ4v) is 4.22. The fraction of sp³-hybridized carbons (Fsp3) is 0.636. The van der Waals surface area contributed by atoms with E-state index in [0.717, 1.165) is 37.7 Å². The highest BCUT2D eigenvalue weighted by atomic mass is 16.2. The summed E-state index contributed by atoms with van der Waals surface area (Å²) in [4.78, 5) is 27.2. The van der Waals surface area contributed by atoms with Crippen LogP contribution in [0.1, 0.15) is 76.0 Å². The Bertz CT molecular complexity index is 637. The van der Waals surface area contributed by atoms with Crippen molar-refractivity contribution >= 4 is 11.9 Å². The van der Waals surface area contributed by atoms with Crippen LogP contribution in [0, 0.1) is 0 Å². The summed E-state index contributed by atoms with van der Waals surface area (Å²) in [6.07, 6.45) is 8.38. The van der Waals surface area contributed by atoms with Crippen LogP contribution in [0.5, 0.6) is 0 Å². The Labute approximate surface area is 162 Å². The van der Waals surface area contributed by atoms with Crippen LogP contribution in [0.2, 0.25) is 0 Å². The second-order valence-electron chi connectivity index (χ2n) is 7.96. The fourth-order valence-electron chi connectivity index (χ4n) is 4.22. The molecule has 2 atom stereocenters. The first-order valence-corrected chi connectivity index (χ1v) is 10.5. The van der Waals surface area contributed by atoms with Crippen molar-refractivity contribution in [2.45, 2.75) is 83.3 Å². The van der Waals surface area contributed by atoms with Crippen LogP contribution in [0.3, 0.4) is 0 Å². The zero-order valence-corrected chi connectivity index (χ0v) is 16.7. The lowest BCUT2D eigenvalue weighted by molar-refractivity contribution is -0.125. The molecule has 5 heteroatoms. The summed E-state index contributed by atoms with van der Waals surface area (Å²) in [5.74, 6) is -0.0432. The third-order valence-electron chi connectivity index (χ3n) is 6.00. The summed E-state index contributed by atoms with van der Waals surface area (Å²) in [6, 6.07) is 8.15. The van der Waals surface area contributed by atoms with E-state index in [9.17, 15) is 9.59 Å². The maximum absolute atomic E-state index is 12.8. The summed E-state index contributed by atoms with van der Waals surface area (Å²) >= 11 is 0. The second-order valence-corrected chi connectivity index (χ2v) is 7.96. The van der Waals surface area contributed by atoms with Crippen LogP contribution in [-0.2, 0) is 11.2 Å². The van der Waals surface area contributed by atoms with Crippen molar-refractivity contribution in [2.75, 3.05) is 6.54 Å². The van der Waals surface area contributed by atoms with E-state index in [-0.39, 0.29) is 30.1 Å².